The molecule has 0 radical (unpaired) electrons. The van der Waals surface area contributed by atoms with Crippen LogP contribution in [-0.2, 0) is 14.3 Å². The lowest BCUT2D eigenvalue weighted by Crippen LogP contribution is -2.39. The van der Waals surface area contributed by atoms with Crippen molar-refractivity contribution in [3.05, 3.63) is 0 Å². The quantitative estimate of drug-likeness (QED) is 0.561. The van der Waals surface area contributed by atoms with Crippen LogP contribution in [0.5, 0.6) is 0 Å². The molecule has 0 spiro atoms. The molecule has 4 heteroatoms. The molecule has 0 unspecified atom stereocenters. The predicted octanol–water partition coefficient (Wildman–Crippen LogP) is 0.413. The number of carboxylic acid groups (broad SMARTS) is 1. The first-order valence-electron chi connectivity index (χ1n) is 3.42. The van der Waals surface area contributed by atoms with Gasteiger partial charge in [0.15, 0.2) is 0 Å². The highest BCUT2D eigenvalue weighted by molar-refractivity contribution is 5.85. The van der Waals surface area contributed by atoms with Crippen molar-refractivity contribution in [2.75, 3.05) is 0 Å². The molecular formula is C7H10O4. The zero-order valence-corrected chi connectivity index (χ0v) is 6.46. The van der Waals surface area contributed by atoms with E-state index in [2.05, 4.69) is 4.74 Å². The van der Waals surface area contributed by atoms with Gasteiger partial charge in [0.05, 0.1) is 6.42 Å². The second-order valence-corrected chi connectivity index (χ2v) is 2.99. The summed E-state index contributed by atoms with van der Waals surface area (Å²) in [6.45, 7) is 3.12. The molecule has 1 rings (SSSR count). The van der Waals surface area contributed by atoms with Gasteiger partial charge in [-0.05, 0) is 6.92 Å². The number of carboxylic acids is 1. The monoisotopic (exact) mass is 158 g/mol. The fourth-order valence-electron chi connectivity index (χ4n) is 1.08. The third-order valence-corrected chi connectivity index (χ3v) is 2.16. The van der Waals surface area contributed by atoms with Gasteiger partial charge in [-0.15, -0.1) is 0 Å². The Bertz CT molecular complexity index is 210. The molecule has 1 saturated heterocycles. The normalized spacial score (nSPS) is 36.9. The molecule has 2 atom stereocenters. The van der Waals surface area contributed by atoms with Gasteiger partial charge in [0.25, 0.3) is 0 Å². The van der Waals surface area contributed by atoms with Gasteiger partial charge in [-0.2, -0.15) is 0 Å². The van der Waals surface area contributed by atoms with E-state index < -0.39 is 17.5 Å². The molecule has 1 aliphatic heterocycles. The molecule has 0 aliphatic carbocycles. The van der Waals surface area contributed by atoms with Crippen LogP contribution in [0.25, 0.3) is 0 Å². The first kappa shape index (κ1) is 8.04. The number of cyclic esters (lactones) is 1. The van der Waals surface area contributed by atoms with E-state index in [-0.39, 0.29) is 12.3 Å². The Morgan fingerprint density at radius 2 is 2.36 bits per heavy atom. The number of aliphatic carboxylic acids is 1. The smallest absolute Gasteiger partial charge is 0.348 e. The summed E-state index contributed by atoms with van der Waals surface area (Å²) < 4.78 is 4.68. The topological polar surface area (TPSA) is 63.6 Å². The van der Waals surface area contributed by atoms with Crippen molar-refractivity contribution in [1.29, 1.82) is 0 Å². The van der Waals surface area contributed by atoms with Crippen molar-refractivity contribution in [1.82, 2.24) is 0 Å². The number of carbonyl (C=O) groups is 2. The maximum atomic E-state index is 10.7. The number of ether oxygens (including phenoxy) is 1. The van der Waals surface area contributed by atoms with Crippen LogP contribution in [0.4, 0.5) is 0 Å². The second kappa shape index (κ2) is 2.22. The van der Waals surface area contributed by atoms with Gasteiger partial charge in [-0.1, -0.05) is 6.92 Å². The summed E-state index contributed by atoms with van der Waals surface area (Å²) in [6.07, 6.45) is 0.197. The minimum absolute atomic E-state index is 0.197. The average Bonchev–Trinajstić information content (AvgIpc) is 2.08. The number of hydrogen-bond acceptors (Lipinski definition) is 3. The Kier molecular flexibility index (Phi) is 1.62. The first-order valence-corrected chi connectivity index (χ1v) is 3.42. The number of esters is 1. The molecule has 0 aromatic heterocycles. The summed E-state index contributed by atoms with van der Waals surface area (Å²) in [5, 5.41) is 8.68. The van der Waals surface area contributed by atoms with Crippen molar-refractivity contribution in [3.8, 4) is 0 Å². The molecule has 1 N–H and O–H groups in total. The molecule has 4 nitrogen and oxygen atoms in total. The molecule has 1 aliphatic rings. The molecule has 1 fully saturated rings. The van der Waals surface area contributed by atoms with Gasteiger partial charge in [0.2, 0.25) is 5.60 Å². The Balaban J connectivity index is 2.87. The van der Waals surface area contributed by atoms with E-state index in [4.69, 9.17) is 5.11 Å². The summed E-state index contributed by atoms with van der Waals surface area (Å²) in [4.78, 5) is 21.3. The highest BCUT2D eigenvalue weighted by Crippen LogP contribution is 2.32. The van der Waals surface area contributed by atoms with E-state index in [1.165, 1.54) is 6.92 Å². The molecule has 0 saturated carbocycles. The van der Waals surface area contributed by atoms with E-state index in [0.29, 0.717) is 0 Å². The highest BCUT2D eigenvalue weighted by atomic mass is 16.6. The van der Waals surface area contributed by atoms with Gasteiger partial charge >= 0.3 is 11.9 Å². The molecule has 0 bridgehead atoms. The van der Waals surface area contributed by atoms with Crippen LogP contribution in [0.3, 0.4) is 0 Å². The molecule has 0 aromatic rings. The van der Waals surface area contributed by atoms with Crippen LogP contribution in [0.2, 0.25) is 0 Å². The van der Waals surface area contributed by atoms with Crippen LogP contribution in [0.15, 0.2) is 0 Å². The lowest BCUT2D eigenvalue weighted by atomic mass is 9.91. The minimum Gasteiger partial charge on any atom is -0.478 e. The third kappa shape index (κ3) is 1.08. The van der Waals surface area contributed by atoms with Crippen LogP contribution < -0.4 is 0 Å². The molecular weight excluding hydrogens is 148 g/mol. The highest BCUT2D eigenvalue weighted by Gasteiger charge is 2.49. The summed E-state index contributed by atoms with van der Waals surface area (Å²) in [7, 11) is 0. The Labute approximate surface area is 64.2 Å². The van der Waals surface area contributed by atoms with E-state index in [1.807, 2.05) is 0 Å². The van der Waals surface area contributed by atoms with Crippen LogP contribution >= 0.6 is 0 Å². The van der Waals surface area contributed by atoms with Gasteiger partial charge < -0.3 is 9.84 Å². The van der Waals surface area contributed by atoms with Gasteiger partial charge in [0, 0.05) is 5.92 Å². The summed E-state index contributed by atoms with van der Waals surface area (Å²) in [5.74, 6) is -1.74. The lowest BCUT2D eigenvalue weighted by Gasteiger charge is -2.21. The minimum atomic E-state index is -1.31. The Morgan fingerprint density at radius 3 is 2.55 bits per heavy atom. The van der Waals surface area contributed by atoms with Gasteiger partial charge in [-0.25, -0.2) is 4.79 Å². The second-order valence-electron chi connectivity index (χ2n) is 2.99. The predicted molar refractivity (Wildman–Crippen MR) is 35.9 cm³/mol. The SMILES string of the molecule is C[C@@H]1CC(=O)O[C@@]1(C)C(=O)O. The van der Waals surface area contributed by atoms with Crippen molar-refractivity contribution >= 4 is 11.9 Å². The fourth-order valence-corrected chi connectivity index (χ4v) is 1.08. The van der Waals surface area contributed by atoms with E-state index in [9.17, 15) is 9.59 Å². The number of hydrogen-bond donors (Lipinski definition) is 1. The maximum Gasteiger partial charge on any atom is 0.348 e. The molecule has 11 heavy (non-hydrogen) atoms. The Hall–Kier alpha value is -1.06. The van der Waals surface area contributed by atoms with Crippen molar-refractivity contribution in [2.24, 2.45) is 5.92 Å². The number of carbonyl (C=O) groups excluding carboxylic acids is 1. The summed E-state index contributed by atoms with van der Waals surface area (Å²) >= 11 is 0. The van der Waals surface area contributed by atoms with E-state index in [0.717, 1.165) is 0 Å². The standard InChI is InChI=1S/C7H10O4/c1-4-3-5(8)11-7(4,2)6(9)10/h4H,3H2,1-2H3,(H,9,10)/t4-,7-/m1/s1. The molecule has 0 amide bonds. The van der Waals surface area contributed by atoms with Crippen molar-refractivity contribution < 1.29 is 19.4 Å². The van der Waals surface area contributed by atoms with Crippen LogP contribution in [-0.4, -0.2) is 22.6 Å². The molecule has 62 valence electrons. The zero-order chi connectivity index (χ0) is 8.65. The average molecular weight is 158 g/mol. The van der Waals surface area contributed by atoms with E-state index >= 15 is 0 Å². The summed E-state index contributed by atoms with van der Waals surface area (Å²) in [5.41, 5.74) is -1.31. The zero-order valence-electron chi connectivity index (χ0n) is 6.46. The largest absolute Gasteiger partial charge is 0.478 e. The Morgan fingerprint density at radius 1 is 1.82 bits per heavy atom. The van der Waals surface area contributed by atoms with Crippen molar-refractivity contribution in [3.63, 3.8) is 0 Å². The molecule has 0 aromatic carbocycles. The van der Waals surface area contributed by atoms with E-state index in [1.54, 1.807) is 6.92 Å². The maximum absolute atomic E-state index is 10.7. The number of rotatable bonds is 1. The lowest BCUT2D eigenvalue weighted by molar-refractivity contribution is -0.169. The van der Waals surface area contributed by atoms with Gasteiger partial charge in [0.1, 0.15) is 0 Å². The van der Waals surface area contributed by atoms with Crippen molar-refractivity contribution in [2.45, 2.75) is 25.9 Å². The first-order chi connectivity index (χ1) is 4.97. The third-order valence-electron chi connectivity index (χ3n) is 2.16. The fraction of sp³-hybridized carbons (Fsp3) is 0.714. The summed E-state index contributed by atoms with van der Waals surface area (Å²) in [6, 6.07) is 0. The van der Waals surface area contributed by atoms with Crippen LogP contribution in [0, 0.1) is 5.92 Å². The molecule has 1 heterocycles. The van der Waals surface area contributed by atoms with Crippen LogP contribution in [0.1, 0.15) is 20.3 Å². The van der Waals surface area contributed by atoms with Gasteiger partial charge in [-0.3, -0.25) is 4.79 Å².